The summed E-state index contributed by atoms with van der Waals surface area (Å²) in [5.41, 5.74) is 14.3. The van der Waals surface area contributed by atoms with Gasteiger partial charge in [-0.2, -0.15) is 0 Å². The van der Waals surface area contributed by atoms with E-state index in [1.807, 2.05) is 0 Å². The monoisotopic (exact) mass is 810 g/mol. The number of hydrogen-bond acceptors (Lipinski definition) is 4. The summed E-state index contributed by atoms with van der Waals surface area (Å²) in [5.74, 6) is 0. The highest BCUT2D eigenvalue weighted by Gasteiger charge is 2.14. The van der Waals surface area contributed by atoms with Crippen molar-refractivity contribution in [1.29, 1.82) is 0 Å². The molecule has 0 N–H and O–H groups in total. The molecule has 0 saturated heterocycles. The zero-order valence-corrected chi connectivity index (χ0v) is 35.2. The van der Waals surface area contributed by atoms with Crippen molar-refractivity contribution in [2.75, 3.05) is 0 Å². The molecule has 0 atom stereocenters. The smallest absolute Gasteiger partial charge is 0.0712 e. The van der Waals surface area contributed by atoms with E-state index in [1.165, 1.54) is 65.3 Å². The third-order valence-corrected chi connectivity index (χ3v) is 12.8. The van der Waals surface area contributed by atoms with Crippen molar-refractivity contribution in [3.63, 3.8) is 0 Å². The fourth-order valence-corrected chi connectivity index (χ4v) is 9.83. The Morgan fingerprint density at radius 1 is 0.190 bits per heavy atom. The molecule has 4 nitrogen and oxygen atoms in total. The number of nitrogens with zero attached hydrogens (tertiary/aromatic N) is 4. The molecule has 0 bridgehead atoms. The van der Waals surface area contributed by atoms with Crippen molar-refractivity contribution in [2.24, 2.45) is 0 Å². The molecule has 12 aromatic rings. The summed E-state index contributed by atoms with van der Waals surface area (Å²) >= 11 is 0. The first-order valence-corrected chi connectivity index (χ1v) is 22.3. The predicted molar refractivity (Wildman–Crippen MR) is 266 cm³/mol. The van der Waals surface area contributed by atoms with E-state index in [9.17, 15) is 0 Å². The number of aromatic nitrogens is 4. The minimum absolute atomic E-state index is 1.02. The van der Waals surface area contributed by atoms with Crippen LogP contribution in [0.5, 0.6) is 0 Å². The van der Waals surface area contributed by atoms with E-state index in [0.29, 0.717) is 0 Å². The van der Waals surface area contributed by atoms with Crippen LogP contribution in [0.2, 0.25) is 0 Å². The molecule has 0 unspecified atom stereocenters. The van der Waals surface area contributed by atoms with Crippen molar-refractivity contribution in [3.8, 4) is 0 Å². The highest BCUT2D eigenvalue weighted by atomic mass is 14.7. The maximum atomic E-state index is 4.88. The van der Waals surface area contributed by atoms with Gasteiger partial charge in [-0.1, -0.05) is 146 Å². The average molecular weight is 811 g/mol. The summed E-state index contributed by atoms with van der Waals surface area (Å²) in [4.78, 5) is 19.5. The fraction of sp³-hybridized carbons (Fsp3) is 0.119. The van der Waals surface area contributed by atoms with Crippen molar-refractivity contribution in [3.05, 3.63) is 216 Å². The maximum absolute atomic E-state index is 4.88. The Morgan fingerprint density at radius 2 is 0.349 bits per heavy atom. The average Bonchev–Trinajstić information content (AvgIpc) is 3.34. The molecule has 8 aromatic carbocycles. The number of para-hydroxylation sites is 8. The molecule has 302 valence electrons. The molecule has 63 heavy (non-hydrogen) atoms. The Hall–Kier alpha value is -7.56. The van der Waals surface area contributed by atoms with Gasteiger partial charge in [-0.05, 0) is 116 Å². The van der Waals surface area contributed by atoms with Crippen LogP contribution in [0.15, 0.2) is 194 Å². The zero-order chi connectivity index (χ0) is 42.0. The summed E-state index contributed by atoms with van der Waals surface area (Å²) in [6.45, 7) is 0. The Labute approximate surface area is 366 Å². The fourth-order valence-electron chi connectivity index (χ4n) is 9.83. The highest BCUT2D eigenvalue weighted by molar-refractivity contribution is 6.00. The van der Waals surface area contributed by atoms with Gasteiger partial charge in [0, 0.05) is 43.1 Å². The molecule has 0 amide bonds. The van der Waals surface area contributed by atoms with E-state index >= 15 is 0 Å². The van der Waals surface area contributed by atoms with Crippen LogP contribution < -0.4 is 0 Å². The lowest BCUT2D eigenvalue weighted by molar-refractivity contribution is 0.744. The largest absolute Gasteiger partial charge is 0.248 e. The third-order valence-electron chi connectivity index (χ3n) is 12.8. The van der Waals surface area contributed by atoms with Crippen LogP contribution in [0, 0.1) is 0 Å². The van der Waals surface area contributed by atoms with E-state index in [-0.39, 0.29) is 0 Å². The van der Waals surface area contributed by atoms with Gasteiger partial charge < -0.3 is 0 Å². The van der Waals surface area contributed by atoms with Gasteiger partial charge >= 0.3 is 0 Å². The molecule has 4 aromatic heterocycles. The second-order valence-corrected chi connectivity index (χ2v) is 16.6. The lowest BCUT2D eigenvalue weighted by Crippen LogP contribution is -1.97. The van der Waals surface area contributed by atoms with Crippen molar-refractivity contribution < 1.29 is 0 Å². The molecule has 12 rings (SSSR count). The van der Waals surface area contributed by atoms with Gasteiger partial charge in [0.15, 0.2) is 0 Å². The first kappa shape index (κ1) is 38.4. The van der Waals surface area contributed by atoms with Gasteiger partial charge in [-0.15, -0.1) is 0 Å². The summed E-state index contributed by atoms with van der Waals surface area (Å²) in [6, 6.07) is 68.2. The first-order valence-electron chi connectivity index (χ1n) is 22.3. The molecule has 0 saturated carbocycles. The number of pyridine rings is 4. The lowest BCUT2D eigenvalue weighted by atomic mass is 9.94. The van der Waals surface area contributed by atoms with E-state index < -0.39 is 0 Å². The van der Waals surface area contributed by atoms with Crippen LogP contribution in [0.3, 0.4) is 0 Å². The quantitative estimate of drug-likeness (QED) is 0.108. The van der Waals surface area contributed by atoms with Crippen molar-refractivity contribution >= 4 is 87.2 Å². The van der Waals surface area contributed by atoms with Crippen molar-refractivity contribution in [2.45, 2.75) is 44.9 Å². The molecular formula is C59H46N4. The van der Waals surface area contributed by atoms with Gasteiger partial charge in [0.05, 0.1) is 44.1 Å². The van der Waals surface area contributed by atoms with Crippen molar-refractivity contribution in [1.82, 2.24) is 19.9 Å². The van der Waals surface area contributed by atoms with E-state index in [4.69, 9.17) is 19.9 Å². The molecule has 4 heteroatoms. The number of fused-ring (bicyclic) bond motifs is 8. The molecule has 0 aliphatic rings. The number of rotatable bonds is 9. The molecule has 0 aliphatic heterocycles. The SMILES string of the molecule is c1ccc2c(CCCCc3c4ccccc4nc4ccccc34)c3ccccc3nc2c1.c1ccc2c(CCCc3c4ccccc4nc4ccccc34)c3ccccc3nc2c1. The van der Waals surface area contributed by atoms with Crippen LogP contribution >= 0.6 is 0 Å². The second kappa shape index (κ2) is 17.1. The Bertz CT molecular complexity index is 3170. The third kappa shape index (κ3) is 7.48. The van der Waals surface area contributed by atoms with Gasteiger partial charge in [0.2, 0.25) is 0 Å². The number of benzene rings is 8. The van der Waals surface area contributed by atoms with Crippen LogP contribution in [0.4, 0.5) is 0 Å². The van der Waals surface area contributed by atoms with Gasteiger partial charge in [-0.25, -0.2) is 19.9 Å². The minimum atomic E-state index is 1.02. The first-order chi connectivity index (χ1) is 31.3. The number of aryl methyl sites for hydroxylation is 4. The topological polar surface area (TPSA) is 51.6 Å². The lowest BCUT2D eigenvalue weighted by Gasteiger charge is -2.13. The molecular weight excluding hydrogens is 765 g/mol. The van der Waals surface area contributed by atoms with Gasteiger partial charge in [-0.3, -0.25) is 0 Å². The summed E-state index contributed by atoms with van der Waals surface area (Å²) < 4.78 is 0. The normalized spacial score (nSPS) is 11.6. The molecule has 0 spiro atoms. The molecule has 4 heterocycles. The highest BCUT2D eigenvalue weighted by Crippen LogP contribution is 2.32. The number of hydrogen-bond donors (Lipinski definition) is 0. The predicted octanol–water partition coefficient (Wildman–Crippen LogP) is 14.9. The van der Waals surface area contributed by atoms with Crippen LogP contribution in [0.1, 0.15) is 41.5 Å². The van der Waals surface area contributed by atoms with E-state index in [1.54, 1.807) is 0 Å². The summed E-state index contributed by atoms with van der Waals surface area (Å²) in [7, 11) is 0. The Balaban J connectivity index is 0.000000141. The second-order valence-electron chi connectivity index (χ2n) is 16.6. The molecule has 0 aliphatic carbocycles. The summed E-state index contributed by atoms with van der Waals surface area (Å²) in [5, 5.41) is 10.2. The van der Waals surface area contributed by atoms with Gasteiger partial charge in [0.25, 0.3) is 0 Å². The molecule has 0 fully saturated rings. The van der Waals surface area contributed by atoms with Crippen LogP contribution in [-0.4, -0.2) is 19.9 Å². The van der Waals surface area contributed by atoms with Crippen LogP contribution in [-0.2, 0) is 25.7 Å². The molecule has 0 radical (unpaired) electrons. The van der Waals surface area contributed by atoms with E-state index in [0.717, 1.165) is 89.1 Å². The zero-order valence-electron chi connectivity index (χ0n) is 35.2. The Morgan fingerprint density at radius 3 is 0.540 bits per heavy atom. The maximum Gasteiger partial charge on any atom is 0.0712 e. The Kier molecular flexibility index (Phi) is 10.4. The number of unbranched alkanes of at least 4 members (excludes halogenated alkanes) is 1. The van der Waals surface area contributed by atoms with Gasteiger partial charge in [0.1, 0.15) is 0 Å². The van der Waals surface area contributed by atoms with E-state index in [2.05, 4.69) is 194 Å². The minimum Gasteiger partial charge on any atom is -0.248 e. The van der Waals surface area contributed by atoms with Crippen LogP contribution in [0.25, 0.3) is 87.2 Å². The summed E-state index contributed by atoms with van der Waals surface area (Å²) in [6.07, 6.45) is 7.53. The standard InChI is InChI=1S/C30H24N2.C29H22N2/c1(11-21-23-13-3-7-17-27(23)31-28-18-8-4-14-24(21)28)2-12-22-25-15-5-9-19-29(25)32-30-20-10-6-16-26(22)30;1-5-16-26-22(10-1)20(23-11-2-6-17-27(23)30-26)14-9-15-21-24-12-3-7-18-28(24)31-29-19-8-4-13-25(21)29/h3-10,13-20H,1-2,11-12H2;1-8,10-13,16-19H,9,14-15H2.